The molecule has 0 saturated carbocycles. The van der Waals surface area contributed by atoms with Gasteiger partial charge < -0.3 is 5.11 Å². The van der Waals surface area contributed by atoms with Gasteiger partial charge in [-0.2, -0.15) is 0 Å². The van der Waals surface area contributed by atoms with Gasteiger partial charge in [0.15, 0.2) is 0 Å². The zero-order valence-electron chi connectivity index (χ0n) is 14.6. The van der Waals surface area contributed by atoms with Crippen molar-refractivity contribution in [3.63, 3.8) is 0 Å². The molecule has 1 aromatic heterocycles. The molecule has 0 aliphatic carbocycles. The van der Waals surface area contributed by atoms with E-state index in [0.29, 0.717) is 27.4 Å². The maximum atomic E-state index is 13.8. The van der Waals surface area contributed by atoms with Gasteiger partial charge >= 0.3 is 0 Å². The summed E-state index contributed by atoms with van der Waals surface area (Å²) in [6.07, 6.45) is 2.17. The smallest absolute Gasteiger partial charge is 0.126 e. The highest BCUT2D eigenvalue weighted by Gasteiger charge is 2.34. The van der Waals surface area contributed by atoms with Gasteiger partial charge in [-0.25, -0.2) is 13.2 Å². The number of pyridine rings is 1. The molecule has 3 aromatic rings. The minimum absolute atomic E-state index is 0.220. The Labute approximate surface area is 164 Å². The van der Waals surface area contributed by atoms with Gasteiger partial charge in [0, 0.05) is 40.6 Å². The van der Waals surface area contributed by atoms with E-state index in [1.807, 2.05) is 0 Å². The van der Waals surface area contributed by atoms with Crippen LogP contribution < -0.4 is 0 Å². The van der Waals surface area contributed by atoms with Crippen molar-refractivity contribution in [2.24, 2.45) is 0 Å². The number of nitrogens with zero attached hydrogens (tertiary/aromatic N) is 1. The van der Waals surface area contributed by atoms with Crippen LogP contribution in [0.5, 0.6) is 0 Å². The first kappa shape index (κ1) is 18.8. The van der Waals surface area contributed by atoms with Gasteiger partial charge in [0.05, 0.1) is 0 Å². The van der Waals surface area contributed by atoms with Gasteiger partial charge in [0.25, 0.3) is 0 Å². The number of hydrogen-bond acceptors (Lipinski definition) is 3. The Kier molecular flexibility index (Phi) is 5.24. The monoisotopic (exact) mass is 399 g/mol. The van der Waals surface area contributed by atoms with Gasteiger partial charge in [-0.05, 0) is 47.0 Å². The Morgan fingerprint density at radius 3 is 2.32 bits per heavy atom. The van der Waals surface area contributed by atoms with Gasteiger partial charge in [0.1, 0.15) is 23.6 Å². The summed E-state index contributed by atoms with van der Waals surface area (Å²) in [5, 5.41) is 11.1. The minimum Gasteiger partial charge on any atom is -0.384 e. The highest BCUT2D eigenvalue weighted by atomic mass is 32.2. The topological polar surface area (TPSA) is 33.1 Å². The van der Waals surface area contributed by atoms with Crippen molar-refractivity contribution < 1.29 is 18.3 Å². The van der Waals surface area contributed by atoms with Crippen LogP contribution in [0.15, 0.2) is 72.6 Å². The second-order valence-electron chi connectivity index (χ2n) is 6.55. The molecule has 1 aliphatic heterocycles. The van der Waals surface area contributed by atoms with E-state index >= 15 is 0 Å². The SMILES string of the molecule is OC(C1=C(c2cc(F)cc(F)c2)SCC1c1ccc(F)cc1)c1cccnc1. The summed E-state index contributed by atoms with van der Waals surface area (Å²) in [6.45, 7) is 0. The van der Waals surface area contributed by atoms with Crippen molar-refractivity contribution in [1.29, 1.82) is 0 Å². The van der Waals surface area contributed by atoms with Crippen LogP contribution in [0.4, 0.5) is 13.2 Å². The van der Waals surface area contributed by atoms with Crippen LogP contribution in [-0.4, -0.2) is 15.8 Å². The van der Waals surface area contributed by atoms with E-state index in [0.717, 1.165) is 11.6 Å². The summed E-state index contributed by atoms with van der Waals surface area (Å²) in [6, 6.07) is 12.9. The van der Waals surface area contributed by atoms with E-state index in [1.54, 1.807) is 36.7 Å². The number of benzene rings is 2. The molecule has 28 heavy (non-hydrogen) atoms. The van der Waals surface area contributed by atoms with Crippen molar-refractivity contribution in [1.82, 2.24) is 4.98 Å². The van der Waals surface area contributed by atoms with Crippen LogP contribution in [0.1, 0.15) is 28.7 Å². The van der Waals surface area contributed by atoms with E-state index in [4.69, 9.17) is 0 Å². The fourth-order valence-corrected chi connectivity index (χ4v) is 4.85. The lowest BCUT2D eigenvalue weighted by molar-refractivity contribution is 0.210. The third-order valence-electron chi connectivity index (χ3n) is 4.72. The molecule has 1 aliphatic rings. The van der Waals surface area contributed by atoms with Gasteiger partial charge in [-0.3, -0.25) is 4.98 Å². The van der Waals surface area contributed by atoms with Crippen LogP contribution in [0.2, 0.25) is 0 Å². The first-order chi connectivity index (χ1) is 13.5. The molecule has 142 valence electrons. The number of aromatic nitrogens is 1. The highest BCUT2D eigenvalue weighted by Crippen LogP contribution is 2.51. The highest BCUT2D eigenvalue weighted by molar-refractivity contribution is 8.08. The molecule has 6 heteroatoms. The van der Waals surface area contributed by atoms with Crippen molar-refractivity contribution in [3.8, 4) is 0 Å². The lowest BCUT2D eigenvalue weighted by atomic mass is 9.86. The maximum absolute atomic E-state index is 13.8. The Morgan fingerprint density at radius 2 is 1.68 bits per heavy atom. The predicted octanol–water partition coefficient (Wildman–Crippen LogP) is 5.47. The summed E-state index contributed by atoms with van der Waals surface area (Å²) in [5.74, 6) is -1.35. The van der Waals surface area contributed by atoms with Crippen molar-refractivity contribution in [2.75, 3.05) is 5.75 Å². The molecule has 0 spiro atoms. The van der Waals surface area contributed by atoms with Crippen LogP contribution >= 0.6 is 11.8 Å². The fraction of sp³-hybridized carbons (Fsp3) is 0.136. The molecule has 2 aromatic carbocycles. The predicted molar refractivity (Wildman–Crippen MR) is 104 cm³/mol. The first-order valence-corrected chi connectivity index (χ1v) is 9.68. The van der Waals surface area contributed by atoms with E-state index in [2.05, 4.69) is 4.98 Å². The standard InChI is InChI=1S/C22H16F3NOS/c23-16-5-3-13(4-6-16)19-12-28-22(15-8-17(24)10-18(25)9-15)20(19)21(27)14-2-1-7-26-11-14/h1-11,19,21,27H,12H2. The Hall–Kier alpha value is -2.57. The number of thioether (sulfide) groups is 1. The molecule has 4 rings (SSSR count). The second-order valence-corrected chi connectivity index (χ2v) is 7.58. The zero-order chi connectivity index (χ0) is 19.7. The van der Waals surface area contributed by atoms with E-state index in [-0.39, 0.29) is 11.7 Å². The Morgan fingerprint density at radius 1 is 0.964 bits per heavy atom. The largest absolute Gasteiger partial charge is 0.384 e. The van der Waals surface area contributed by atoms with Crippen LogP contribution in [-0.2, 0) is 0 Å². The van der Waals surface area contributed by atoms with E-state index in [9.17, 15) is 18.3 Å². The van der Waals surface area contributed by atoms with E-state index < -0.39 is 17.7 Å². The van der Waals surface area contributed by atoms with E-state index in [1.165, 1.54) is 36.0 Å². The first-order valence-electron chi connectivity index (χ1n) is 8.69. The third kappa shape index (κ3) is 3.70. The fourth-order valence-electron chi connectivity index (χ4n) is 3.44. The lowest BCUT2D eigenvalue weighted by Crippen LogP contribution is -2.10. The quantitative estimate of drug-likeness (QED) is 0.631. The average molecular weight is 399 g/mol. The van der Waals surface area contributed by atoms with Crippen LogP contribution in [0.25, 0.3) is 4.91 Å². The van der Waals surface area contributed by atoms with Gasteiger partial charge in [-0.1, -0.05) is 18.2 Å². The summed E-state index contributed by atoms with van der Waals surface area (Å²) in [5.41, 5.74) is 2.43. The Balaban J connectivity index is 1.86. The molecule has 2 nitrogen and oxygen atoms in total. The van der Waals surface area contributed by atoms with Crippen molar-refractivity contribution in [2.45, 2.75) is 12.0 Å². The average Bonchev–Trinajstić information content (AvgIpc) is 3.13. The molecule has 1 N–H and O–H groups in total. The molecule has 0 radical (unpaired) electrons. The Bertz CT molecular complexity index is 1000. The summed E-state index contributed by atoms with van der Waals surface area (Å²) >= 11 is 1.42. The normalized spacial score (nSPS) is 17.8. The second kappa shape index (κ2) is 7.81. The number of hydrogen-bond donors (Lipinski definition) is 1. The van der Waals surface area contributed by atoms with Gasteiger partial charge in [0.2, 0.25) is 0 Å². The minimum atomic E-state index is -1.000. The molecule has 2 atom stereocenters. The molecule has 0 bridgehead atoms. The molecule has 2 heterocycles. The molecule has 0 saturated heterocycles. The number of rotatable bonds is 4. The lowest BCUT2D eigenvalue weighted by Gasteiger charge is -2.21. The van der Waals surface area contributed by atoms with Crippen LogP contribution in [0.3, 0.4) is 0 Å². The molecular weight excluding hydrogens is 383 g/mol. The van der Waals surface area contributed by atoms with Gasteiger partial charge in [-0.15, -0.1) is 11.8 Å². The number of aliphatic hydroxyl groups excluding tert-OH is 1. The number of aliphatic hydroxyl groups is 1. The zero-order valence-corrected chi connectivity index (χ0v) is 15.5. The maximum Gasteiger partial charge on any atom is 0.126 e. The van der Waals surface area contributed by atoms with Crippen LogP contribution in [0, 0.1) is 17.5 Å². The number of halogens is 3. The summed E-state index contributed by atoms with van der Waals surface area (Å²) < 4.78 is 41.0. The molecular formula is C22H16F3NOS. The van der Waals surface area contributed by atoms with Crippen molar-refractivity contribution in [3.05, 3.63) is 107 Å². The molecule has 0 amide bonds. The van der Waals surface area contributed by atoms with Crippen molar-refractivity contribution >= 4 is 16.7 Å². The molecule has 0 fully saturated rings. The summed E-state index contributed by atoms with van der Waals surface area (Å²) in [7, 11) is 0. The third-order valence-corrected chi connectivity index (χ3v) is 5.98. The summed E-state index contributed by atoms with van der Waals surface area (Å²) in [4.78, 5) is 4.68. The molecule has 2 unspecified atom stereocenters.